The van der Waals surface area contributed by atoms with Crippen LogP contribution >= 0.6 is 0 Å². The second-order valence-electron chi connectivity index (χ2n) is 7.84. The lowest BCUT2D eigenvalue weighted by Crippen LogP contribution is -2.46. The van der Waals surface area contributed by atoms with Crippen molar-refractivity contribution >= 4 is 17.5 Å². The van der Waals surface area contributed by atoms with Crippen molar-refractivity contribution in [2.24, 2.45) is 0 Å². The van der Waals surface area contributed by atoms with E-state index in [0.29, 0.717) is 11.5 Å². The fourth-order valence-electron chi connectivity index (χ4n) is 3.25. The largest absolute Gasteiger partial charge is 0.483 e. The average Bonchev–Trinajstić information content (AvgIpc) is 2.98. The van der Waals surface area contributed by atoms with Gasteiger partial charge in [-0.2, -0.15) is 0 Å². The van der Waals surface area contributed by atoms with Gasteiger partial charge in [0.15, 0.2) is 18.1 Å². The van der Waals surface area contributed by atoms with Crippen molar-refractivity contribution in [1.29, 1.82) is 0 Å². The lowest BCUT2D eigenvalue weighted by atomic mass is 10.0. The number of hydrazine groups is 1. The molecular weight excluding hydrogens is 370 g/mol. The second kappa shape index (κ2) is 8.43. The van der Waals surface area contributed by atoms with Gasteiger partial charge in [-0.15, -0.1) is 0 Å². The summed E-state index contributed by atoms with van der Waals surface area (Å²) in [5, 5.41) is 3.05. The first-order chi connectivity index (χ1) is 13.7. The number of hydrogen-bond donors (Lipinski definition) is 3. The molecule has 0 atom stereocenters. The quantitative estimate of drug-likeness (QED) is 0.652. The number of carbonyl (C=O) groups is 2. The lowest BCUT2D eigenvalue weighted by Gasteiger charge is -2.18. The van der Waals surface area contributed by atoms with Crippen molar-refractivity contribution in [2.45, 2.75) is 39.7 Å². The Morgan fingerprint density at radius 3 is 2.62 bits per heavy atom. The van der Waals surface area contributed by atoms with E-state index in [9.17, 15) is 9.59 Å². The molecule has 0 fully saturated rings. The van der Waals surface area contributed by atoms with Gasteiger partial charge in [-0.05, 0) is 45.4 Å². The van der Waals surface area contributed by atoms with Crippen molar-refractivity contribution in [3.8, 4) is 11.5 Å². The Bertz CT molecular complexity index is 924. The van der Waals surface area contributed by atoms with Crippen molar-refractivity contribution in [2.75, 3.05) is 18.5 Å². The molecule has 1 aliphatic heterocycles. The number of amides is 2. The number of para-hydroxylation sites is 1. The predicted molar refractivity (Wildman–Crippen MR) is 111 cm³/mol. The summed E-state index contributed by atoms with van der Waals surface area (Å²) in [5.74, 6) is 0.377. The molecule has 154 valence electrons. The van der Waals surface area contributed by atoms with Crippen LogP contribution in [0.2, 0.25) is 0 Å². The highest BCUT2D eigenvalue weighted by Crippen LogP contribution is 2.41. The van der Waals surface area contributed by atoms with E-state index in [1.54, 1.807) is 6.07 Å². The first-order valence-corrected chi connectivity index (χ1v) is 9.56. The third-order valence-corrected chi connectivity index (χ3v) is 4.58. The molecular formula is C22H27N3O4. The maximum absolute atomic E-state index is 12.0. The predicted octanol–water partition coefficient (Wildman–Crippen LogP) is 2.66. The summed E-state index contributed by atoms with van der Waals surface area (Å²) in [4.78, 5) is 24.0. The zero-order chi connectivity index (χ0) is 21.0. The van der Waals surface area contributed by atoms with Gasteiger partial charge in [-0.25, -0.2) is 0 Å². The number of nitrogens with one attached hydrogen (secondary N) is 3. The molecule has 2 amide bonds. The summed E-state index contributed by atoms with van der Waals surface area (Å²) in [6.07, 6.45) is 0.787. The third-order valence-electron chi connectivity index (χ3n) is 4.58. The molecule has 0 bridgehead atoms. The molecule has 0 saturated carbocycles. The Kier molecular flexibility index (Phi) is 5.96. The van der Waals surface area contributed by atoms with E-state index in [1.165, 1.54) is 0 Å². The van der Waals surface area contributed by atoms with Crippen LogP contribution in [0.15, 0.2) is 36.4 Å². The summed E-state index contributed by atoms with van der Waals surface area (Å²) < 4.78 is 11.5. The standard InChI is InChI=1S/C22H27N3O4/c1-14-8-9-17(15(2)10-14)23-12-19(26)24-25-20(27)13-28-18-7-5-6-16-11-22(3,4)29-21(16)18/h5-10,23H,11-13H2,1-4H3,(H,24,26)(H,25,27). The molecule has 0 aliphatic carbocycles. The van der Waals surface area contributed by atoms with Crippen LogP contribution in [-0.2, 0) is 16.0 Å². The number of aryl methyl sites for hydroxylation is 2. The van der Waals surface area contributed by atoms with E-state index < -0.39 is 5.91 Å². The van der Waals surface area contributed by atoms with E-state index in [-0.39, 0.29) is 24.7 Å². The van der Waals surface area contributed by atoms with Gasteiger partial charge in [-0.3, -0.25) is 20.4 Å². The number of carbonyl (C=O) groups excluding carboxylic acids is 2. The highest BCUT2D eigenvalue weighted by molar-refractivity contribution is 5.85. The van der Waals surface area contributed by atoms with Crippen LogP contribution < -0.4 is 25.6 Å². The molecule has 0 radical (unpaired) electrons. The average molecular weight is 397 g/mol. The summed E-state index contributed by atoms with van der Waals surface area (Å²) in [7, 11) is 0. The number of hydrogen-bond acceptors (Lipinski definition) is 5. The first kappa shape index (κ1) is 20.5. The molecule has 1 aliphatic rings. The van der Waals surface area contributed by atoms with Gasteiger partial charge in [0.2, 0.25) is 0 Å². The molecule has 0 aromatic heterocycles. The zero-order valence-electron chi connectivity index (χ0n) is 17.2. The van der Waals surface area contributed by atoms with Gasteiger partial charge in [0, 0.05) is 17.7 Å². The van der Waals surface area contributed by atoms with E-state index in [2.05, 4.69) is 16.2 Å². The van der Waals surface area contributed by atoms with Gasteiger partial charge < -0.3 is 14.8 Å². The summed E-state index contributed by atoms with van der Waals surface area (Å²) in [6.45, 7) is 7.80. The number of ether oxygens (including phenoxy) is 2. The summed E-state index contributed by atoms with van der Waals surface area (Å²) >= 11 is 0. The van der Waals surface area contributed by atoms with Gasteiger partial charge in [0.25, 0.3) is 11.8 Å². The molecule has 7 heteroatoms. The minimum atomic E-state index is -0.459. The molecule has 1 heterocycles. The fourth-order valence-corrected chi connectivity index (χ4v) is 3.25. The van der Waals surface area contributed by atoms with Gasteiger partial charge in [0.1, 0.15) is 5.60 Å². The molecule has 7 nitrogen and oxygen atoms in total. The van der Waals surface area contributed by atoms with Crippen LogP contribution in [0.25, 0.3) is 0 Å². The molecule has 3 N–H and O–H groups in total. The highest BCUT2D eigenvalue weighted by Gasteiger charge is 2.32. The van der Waals surface area contributed by atoms with E-state index in [4.69, 9.17) is 9.47 Å². The van der Waals surface area contributed by atoms with E-state index in [0.717, 1.165) is 28.8 Å². The van der Waals surface area contributed by atoms with Crippen LogP contribution in [0.5, 0.6) is 11.5 Å². The highest BCUT2D eigenvalue weighted by atomic mass is 16.5. The smallest absolute Gasteiger partial charge is 0.276 e. The molecule has 29 heavy (non-hydrogen) atoms. The zero-order valence-corrected chi connectivity index (χ0v) is 17.2. The van der Waals surface area contributed by atoms with Crippen LogP contribution in [-0.4, -0.2) is 30.6 Å². The van der Waals surface area contributed by atoms with E-state index in [1.807, 2.05) is 58.0 Å². The fraction of sp³-hybridized carbons (Fsp3) is 0.364. The maximum atomic E-state index is 12.0. The molecule has 2 aromatic carbocycles. The number of rotatable bonds is 6. The van der Waals surface area contributed by atoms with Gasteiger partial charge >= 0.3 is 0 Å². The van der Waals surface area contributed by atoms with Crippen LogP contribution in [0.1, 0.15) is 30.5 Å². The van der Waals surface area contributed by atoms with Crippen molar-refractivity contribution < 1.29 is 19.1 Å². The number of benzene rings is 2. The van der Waals surface area contributed by atoms with Gasteiger partial charge in [0.05, 0.1) is 6.54 Å². The van der Waals surface area contributed by atoms with Crippen molar-refractivity contribution in [3.05, 3.63) is 53.1 Å². The minimum absolute atomic E-state index is 0.0418. The Labute approximate surface area is 170 Å². The monoisotopic (exact) mass is 397 g/mol. The topological polar surface area (TPSA) is 88.7 Å². The second-order valence-corrected chi connectivity index (χ2v) is 7.84. The third kappa shape index (κ3) is 5.40. The Morgan fingerprint density at radius 1 is 1.10 bits per heavy atom. The van der Waals surface area contributed by atoms with Crippen molar-refractivity contribution in [3.63, 3.8) is 0 Å². The van der Waals surface area contributed by atoms with Gasteiger partial charge in [-0.1, -0.05) is 29.8 Å². The molecule has 3 rings (SSSR count). The normalized spacial score (nSPS) is 13.8. The molecule has 0 saturated heterocycles. The van der Waals surface area contributed by atoms with Crippen molar-refractivity contribution in [1.82, 2.24) is 10.9 Å². The SMILES string of the molecule is Cc1ccc(NCC(=O)NNC(=O)COc2cccc3c2OC(C)(C)C3)c(C)c1. The Balaban J connectivity index is 1.43. The number of anilines is 1. The first-order valence-electron chi connectivity index (χ1n) is 9.56. The summed E-state index contributed by atoms with van der Waals surface area (Å²) in [5.41, 5.74) is 8.57. The van der Waals surface area contributed by atoms with E-state index >= 15 is 0 Å². The van der Waals surface area contributed by atoms with Crippen LogP contribution in [0.4, 0.5) is 5.69 Å². The lowest BCUT2D eigenvalue weighted by molar-refractivity contribution is -0.129. The molecule has 0 unspecified atom stereocenters. The van der Waals surface area contributed by atoms with Crippen LogP contribution in [0.3, 0.4) is 0 Å². The summed E-state index contributed by atoms with van der Waals surface area (Å²) in [6, 6.07) is 11.5. The van der Waals surface area contributed by atoms with Crippen LogP contribution in [0, 0.1) is 13.8 Å². The molecule has 0 spiro atoms. The Morgan fingerprint density at radius 2 is 1.86 bits per heavy atom. The minimum Gasteiger partial charge on any atom is -0.483 e. The maximum Gasteiger partial charge on any atom is 0.276 e. The Hall–Kier alpha value is -3.22. The number of fused-ring (bicyclic) bond motifs is 1. The molecule has 2 aromatic rings.